The monoisotopic (exact) mass is 424 g/mol. The van der Waals surface area contributed by atoms with E-state index in [2.05, 4.69) is 6.07 Å². The van der Waals surface area contributed by atoms with Crippen LogP contribution in [0.2, 0.25) is 0 Å². The van der Waals surface area contributed by atoms with Crippen LogP contribution in [-0.4, -0.2) is 45.6 Å². The van der Waals surface area contributed by atoms with E-state index in [9.17, 15) is 9.59 Å². The van der Waals surface area contributed by atoms with Crippen LogP contribution >= 0.6 is 0 Å². The molecule has 0 aromatic heterocycles. The Kier molecular flexibility index (Phi) is 5.29. The fourth-order valence-electron chi connectivity index (χ4n) is 4.43. The Morgan fingerprint density at radius 3 is 2.25 bits per heavy atom. The van der Waals surface area contributed by atoms with Crippen LogP contribution in [0.5, 0.6) is 0 Å². The third kappa shape index (κ3) is 3.59. The summed E-state index contributed by atoms with van der Waals surface area (Å²) in [6.07, 6.45) is 0.309. The average molecular weight is 425 g/mol. The molecule has 0 saturated heterocycles. The standard InChI is InChI=1S/C26H24N4O2/c1-19(31)30-25-23-15-9-8-10-20(23)16-17-28(25)29(26(32)22-13-6-3-7-14-22)18-24(27-30)21-11-4-2-5-12-21/h2-15,25H,16-18H2,1H3/t25-/m0/s1. The Labute approximate surface area is 187 Å². The molecule has 5 rings (SSSR count). The Morgan fingerprint density at radius 2 is 1.53 bits per heavy atom. The number of benzene rings is 3. The van der Waals surface area contributed by atoms with Gasteiger partial charge in [-0.1, -0.05) is 72.8 Å². The first-order chi connectivity index (χ1) is 15.6. The molecule has 2 aliphatic heterocycles. The van der Waals surface area contributed by atoms with Crippen LogP contribution < -0.4 is 0 Å². The van der Waals surface area contributed by atoms with Gasteiger partial charge in [0.2, 0.25) is 5.91 Å². The molecule has 0 saturated carbocycles. The molecule has 0 bridgehead atoms. The Morgan fingerprint density at radius 1 is 0.875 bits per heavy atom. The maximum absolute atomic E-state index is 13.7. The SMILES string of the molecule is CC(=O)N1N=C(c2ccccc2)CN(C(=O)c2ccccc2)N2CCc3ccccc3[C@H]12. The highest BCUT2D eigenvalue weighted by Gasteiger charge is 2.41. The minimum absolute atomic E-state index is 0.107. The van der Waals surface area contributed by atoms with Crippen LogP contribution in [0.25, 0.3) is 0 Å². The van der Waals surface area contributed by atoms with Crippen LogP contribution in [-0.2, 0) is 11.2 Å². The Balaban J connectivity index is 1.67. The summed E-state index contributed by atoms with van der Waals surface area (Å²) in [7, 11) is 0. The summed E-state index contributed by atoms with van der Waals surface area (Å²) in [6, 6.07) is 27.1. The van der Waals surface area contributed by atoms with Crippen molar-refractivity contribution in [2.75, 3.05) is 13.1 Å². The zero-order valence-corrected chi connectivity index (χ0v) is 17.9. The van der Waals surface area contributed by atoms with Gasteiger partial charge in [-0.25, -0.2) is 5.01 Å². The van der Waals surface area contributed by atoms with E-state index in [1.54, 1.807) is 5.01 Å². The van der Waals surface area contributed by atoms with Gasteiger partial charge in [0.25, 0.3) is 5.91 Å². The summed E-state index contributed by atoms with van der Waals surface area (Å²) in [5.74, 6) is -0.275. The smallest absolute Gasteiger partial charge is 0.268 e. The number of hydrazine groups is 1. The molecule has 1 atom stereocenters. The van der Waals surface area contributed by atoms with E-state index in [1.807, 2.05) is 83.9 Å². The zero-order valence-electron chi connectivity index (χ0n) is 17.9. The number of nitrogens with zero attached hydrogens (tertiary/aromatic N) is 4. The van der Waals surface area contributed by atoms with Gasteiger partial charge in [0.15, 0.2) is 6.17 Å². The lowest BCUT2D eigenvalue weighted by Crippen LogP contribution is -2.54. The van der Waals surface area contributed by atoms with Crippen molar-refractivity contribution in [3.63, 3.8) is 0 Å². The highest BCUT2D eigenvalue weighted by atomic mass is 16.2. The molecule has 6 heteroatoms. The molecule has 0 radical (unpaired) electrons. The van der Waals surface area contributed by atoms with E-state index in [-0.39, 0.29) is 18.4 Å². The van der Waals surface area contributed by atoms with Gasteiger partial charge in [-0.15, -0.1) is 0 Å². The van der Waals surface area contributed by atoms with Gasteiger partial charge in [0, 0.05) is 19.0 Å². The molecule has 0 aliphatic carbocycles. The predicted molar refractivity (Wildman–Crippen MR) is 123 cm³/mol. The van der Waals surface area contributed by atoms with Crippen molar-refractivity contribution < 1.29 is 9.59 Å². The molecule has 2 amide bonds. The summed E-state index contributed by atoms with van der Waals surface area (Å²) in [5.41, 5.74) is 4.34. The van der Waals surface area contributed by atoms with Gasteiger partial charge in [-0.2, -0.15) is 10.1 Å². The molecule has 0 spiro atoms. The van der Waals surface area contributed by atoms with Gasteiger partial charge < -0.3 is 0 Å². The van der Waals surface area contributed by atoms with Gasteiger partial charge in [0.1, 0.15) is 0 Å². The molecule has 32 heavy (non-hydrogen) atoms. The van der Waals surface area contributed by atoms with Gasteiger partial charge in [-0.3, -0.25) is 14.6 Å². The van der Waals surface area contributed by atoms with Crippen LogP contribution in [0.15, 0.2) is 90.0 Å². The molecule has 0 N–H and O–H groups in total. The third-order valence-electron chi connectivity index (χ3n) is 5.98. The molecular formula is C26H24N4O2. The van der Waals surface area contributed by atoms with E-state index < -0.39 is 6.17 Å². The number of carbonyl (C=O) groups is 2. The van der Waals surface area contributed by atoms with Crippen molar-refractivity contribution in [3.8, 4) is 0 Å². The minimum Gasteiger partial charge on any atom is -0.273 e. The van der Waals surface area contributed by atoms with Crippen molar-refractivity contribution >= 4 is 17.5 Å². The molecule has 0 fully saturated rings. The summed E-state index contributed by atoms with van der Waals surface area (Å²) >= 11 is 0. The number of amides is 2. The van der Waals surface area contributed by atoms with Crippen LogP contribution in [0.1, 0.15) is 40.1 Å². The zero-order chi connectivity index (χ0) is 22.1. The molecule has 0 unspecified atom stereocenters. The Bertz CT molecular complexity index is 1180. The lowest BCUT2D eigenvalue weighted by Gasteiger charge is -2.44. The summed E-state index contributed by atoms with van der Waals surface area (Å²) in [5, 5.41) is 10.1. The maximum atomic E-state index is 13.7. The van der Waals surface area contributed by atoms with Gasteiger partial charge in [-0.05, 0) is 35.2 Å². The highest BCUT2D eigenvalue weighted by molar-refractivity contribution is 6.05. The van der Waals surface area contributed by atoms with E-state index in [1.165, 1.54) is 17.5 Å². The van der Waals surface area contributed by atoms with Gasteiger partial charge >= 0.3 is 0 Å². The average Bonchev–Trinajstić information content (AvgIpc) is 3.02. The molecule has 3 aromatic rings. The van der Waals surface area contributed by atoms with Crippen molar-refractivity contribution in [3.05, 3.63) is 107 Å². The molecule has 2 heterocycles. The molecule has 6 nitrogen and oxygen atoms in total. The number of hydrogen-bond donors (Lipinski definition) is 0. The highest BCUT2D eigenvalue weighted by Crippen LogP contribution is 2.36. The van der Waals surface area contributed by atoms with Crippen LogP contribution in [0.4, 0.5) is 0 Å². The quantitative estimate of drug-likeness (QED) is 0.628. The molecular weight excluding hydrogens is 400 g/mol. The van der Waals surface area contributed by atoms with Crippen molar-refractivity contribution in [1.29, 1.82) is 0 Å². The van der Waals surface area contributed by atoms with E-state index in [4.69, 9.17) is 5.10 Å². The Hall–Kier alpha value is -3.77. The first kappa shape index (κ1) is 20.2. The molecule has 2 aliphatic rings. The second-order valence-electron chi connectivity index (χ2n) is 7.99. The van der Waals surface area contributed by atoms with Crippen molar-refractivity contribution in [2.45, 2.75) is 19.5 Å². The lowest BCUT2D eigenvalue weighted by atomic mass is 9.97. The largest absolute Gasteiger partial charge is 0.273 e. The van der Waals surface area contributed by atoms with Crippen molar-refractivity contribution in [2.24, 2.45) is 5.10 Å². The van der Waals surface area contributed by atoms with Crippen LogP contribution in [0, 0.1) is 0 Å². The topological polar surface area (TPSA) is 56.2 Å². The molecule has 160 valence electrons. The summed E-state index contributed by atoms with van der Waals surface area (Å²) in [4.78, 5) is 26.5. The number of hydrogen-bond acceptors (Lipinski definition) is 4. The van der Waals surface area contributed by atoms with Crippen LogP contribution in [0.3, 0.4) is 0 Å². The molecule has 3 aromatic carbocycles. The number of fused-ring (bicyclic) bond motifs is 3. The fraction of sp³-hybridized carbons (Fsp3) is 0.192. The summed E-state index contributed by atoms with van der Waals surface area (Å²) < 4.78 is 0. The first-order valence-corrected chi connectivity index (χ1v) is 10.8. The number of rotatable bonds is 2. The van der Waals surface area contributed by atoms with Gasteiger partial charge in [0.05, 0.1) is 12.3 Å². The number of carbonyl (C=O) groups excluding carboxylic acids is 2. The third-order valence-corrected chi connectivity index (χ3v) is 5.98. The summed E-state index contributed by atoms with van der Waals surface area (Å²) in [6.45, 7) is 2.41. The number of hydrazone groups is 1. The lowest BCUT2D eigenvalue weighted by molar-refractivity contribution is -0.144. The van der Waals surface area contributed by atoms with E-state index in [0.29, 0.717) is 17.8 Å². The maximum Gasteiger partial charge on any atom is 0.268 e. The first-order valence-electron chi connectivity index (χ1n) is 10.8. The second kappa shape index (κ2) is 8.40. The van der Waals surface area contributed by atoms with E-state index in [0.717, 1.165) is 17.5 Å². The van der Waals surface area contributed by atoms with Crippen molar-refractivity contribution in [1.82, 2.24) is 15.0 Å². The fourth-order valence-corrected chi connectivity index (χ4v) is 4.43. The normalized spacial score (nSPS) is 18.3. The predicted octanol–water partition coefficient (Wildman–Crippen LogP) is 3.87. The second-order valence-corrected chi connectivity index (χ2v) is 7.99. The van der Waals surface area contributed by atoms with E-state index >= 15 is 0 Å². The minimum atomic E-state index is -0.480.